The molecule has 0 radical (unpaired) electrons. The highest BCUT2D eigenvalue weighted by Crippen LogP contribution is 2.28. The summed E-state index contributed by atoms with van der Waals surface area (Å²) in [6.45, 7) is 7.20. The number of nitrogens with two attached hydrogens (primary N) is 1. The van der Waals surface area contributed by atoms with Gasteiger partial charge in [-0.05, 0) is 43.9 Å². The van der Waals surface area contributed by atoms with Crippen LogP contribution in [-0.2, 0) is 10.1 Å². The quantitative estimate of drug-likeness (QED) is 0.449. The molecule has 0 saturated carbocycles. The van der Waals surface area contributed by atoms with E-state index in [0.717, 1.165) is 19.1 Å². The molecular formula is C22H30N6O5S. The Morgan fingerprint density at radius 2 is 1.82 bits per heavy atom. The molecule has 1 aliphatic heterocycles. The second-order valence-electron chi connectivity index (χ2n) is 8.62. The molecule has 1 aromatic carbocycles. The number of hydrogen-bond acceptors (Lipinski definition) is 9. The van der Waals surface area contributed by atoms with Gasteiger partial charge in [-0.25, -0.2) is 4.98 Å². The van der Waals surface area contributed by atoms with Gasteiger partial charge in [0.05, 0.1) is 17.4 Å². The number of amides is 2. The van der Waals surface area contributed by atoms with E-state index in [-0.39, 0.29) is 46.5 Å². The van der Waals surface area contributed by atoms with E-state index in [2.05, 4.69) is 20.6 Å². The third-order valence-corrected chi connectivity index (χ3v) is 6.00. The lowest BCUT2D eigenvalue weighted by molar-refractivity contribution is 0.0791. The maximum Gasteiger partial charge on any atom is 0.306 e. The normalized spacial score (nSPS) is 14.7. The number of carbonyl (C=O) groups excluding carboxylic acids is 2. The summed E-state index contributed by atoms with van der Waals surface area (Å²) < 4.78 is 28.5. The van der Waals surface area contributed by atoms with Crippen LogP contribution in [0.2, 0.25) is 0 Å². The van der Waals surface area contributed by atoms with Crippen LogP contribution in [-0.4, -0.2) is 60.5 Å². The van der Waals surface area contributed by atoms with Gasteiger partial charge in [-0.2, -0.15) is 13.4 Å². The molecule has 2 aromatic rings. The maximum atomic E-state index is 13.0. The average Bonchev–Trinajstić information content (AvgIpc) is 3.28. The van der Waals surface area contributed by atoms with Crippen molar-refractivity contribution in [2.75, 3.05) is 30.0 Å². The van der Waals surface area contributed by atoms with Crippen molar-refractivity contribution in [2.24, 2.45) is 11.7 Å². The van der Waals surface area contributed by atoms with E-state index in [4.69, 9.17) is 9.92 Å². The molecule has 1 aliphatic rings. The SMILES string of the molecule is CC(C)[C@@H](C)Nc1nc(Nc2ccc(OS(C)(=O)=O)c(C(=O)N3CCCC3)c2)ncc1C(N)=O. The molecule has 4 N–H and O–H groups in total. The monoisotopic (exact) mass is 490 g/mol. The number of nitrogens with one attached hydrogen (secondary N) is 2. The zero-order chi connectivity index (χ0) is 25.0. The Hall–Kier alpha value is -3.41. The van der Waals surface area contributed by atoms with Crippen molar-refractivity contribution in [1.82, 2.24) is 14.9 Å². The molecule has 12 heteroatoms. The van der Waals surface area contributed by atoms with Crippen molar-refractivity contribution in [3.63, 3.8) is 0 Å². The zero-order valence-corrected chi connectivity index (χ0v) is 20.5. The lowest BCUT2D eigenvalue weighted by Gasteiger charge is -2.20. The third-order valence-electron chi connectivity index (χ3n) is 5.52. The van der Waals surface area contributed by atoms with E-state index in [1.54, 1.807) is 11.0 Å². The molecule has 1 fully saturated rings. The number of anilines is 3. The molecule has 34 heavy (non-hydrogen) atoms. The number of hydrogen-bond donors (Lipinski definition) is 3. The van der Waals surface area contributed by atoms with Gasteiger partial charge in [0.2, 0.25) is 5.95 Å². The summed E-state index contributed by atoms with van der Waals surface area (Å²) in [5, 5.41) is 6.18. The minimum absolute atomic E-state index is 0.0120. The molecule has 0 bridgehead atoms. The fourth-order valence-electron chi connectivity index (χ4n) is 3.35. The van der Waals surface area contributed by atoms with Gasteiger partial charge in [0.1, 0.15) is 5.82 Å². The van der Waals surface area contributed by atoms with Gasteiger partial charge >= 0.3 is 10.1 Å². The van der Waals surface area contributed by atoms with Gasteiger partial charge in [0.25, 0.3) is 11.8 Å². The topological polar surface area (TPSA) is 157 Å². The second kappa shape index (κ2) is 10.2. The van der Waals surface area contributed by atoms with Crippen LogP contribution >= 0.6 is 0 Å². The van der Waals surface area contributed by atoms with Crippen LogP contribution in [0.5, 0.6) is 5.75 Å². The van der Waals surface area contributed by atoms with Crippen LogP contribution in [0, 0.1) is 5.92 Å². The first-order chi connectivity index (χ1) is 15.9. The Kier molecular flexibility index (Phi) is 7.60. The van der Waals surface area contributed by atoms with Crippen molar-refractivity contribution in [3.05, 3.63) is 35.5 Å². The fourth-order valence-corrected chi connectivity index (χ4v) is 3.82. The van der Waals surface area contributed by atoms with Gasteiger partial charge in [0.15, 0.2) is 5.75 Å². The summed E-state index contributed by atoms with van der Waals surface area (Å²) in [6, 6.07) is 4.47. The van der Waals surface area contributed by atoms with Crippen LogP contribution in [0.3, 0.4) is 0 Å². The molecule has 0 aliphatic carbocycles. The summed E-state index contributed by atoms with van der Waals surface area (Å²) in [6.07, 6.45) is 4.02. The van der Waals surface area contributed by atoms with Gasteiger partial charge < -0.3 is 25.5 Å². The lowest BCUT2D eigenvalue weighted by atomic mass is 10.1. The van der Waals surface area contributed by atoms with Gasteiger partial charge in [-0.3, -0.25) is 9.59 Å². The Labute approximate surface area is 199 Å². The molecule has 184 valence electrons. The van der Waals surface area contributed by atoms with Crippen LogP contribution < -0.4 is 20.6 Å². The van der Waals surface area contributed by atoms with Crippen molar-refractivity contribution < 1.29 is 22.2 Å². The highest BCUT2D eigenvalue weighted by atomic mass is 32.2. The second-order valence-corrected chi connectivity index (χ2v) is 10.2. The summed E-state index contributed by atoms with van der Waals surface area (Å²) in [4.78, 5) is 35.1. The first kappa shape index (κ1) is 25.2. The highest BCUT2D eigenvalue weighted by molar-refractivity contribution is 7.86. The molecular weight excluding hydrogens is 460 g/mol. The molecule has 0 spiro atoms. The van der Waals surface area contributed by atoms with Crippen LogP contribution in [0.15, 0.2) is 24.4 Å². The fraction of sp³-hybridized carbons (Fsp3) is 0.455. The van der Waals surface area contributed by atoms with Gasteiger partial charge in [-0.1, -0.05) is 13.8 Å². The Balaban J connectivity index is 1.94. The first-order valence-electron chi connectivity index (χ1n) is 11.0. The predicted octanol–water partition coefficient (Wildman–Crippen LogP) is 2.35. The van der Waals surface area contributed by atoms with E-state index in [1.165, 1.54) is 18.3 Å². The summed E-state index contributed by atoms with van der Waals surface area (Å²) >= 11 is 0. The standard InChI is InChI=1S/C22H30N6O5S/c1-13(2)14(3)25-20-17(19(23)29)12-24-22(27-20)26-15-7-8-18(33-34(4,31)32)16(11-15)21(30)28-9-5-6-10-28/h7-8,11-14H,5-6,9-10H2,1-4H3,(H2,23,29)(H2,24,25,26,27)/t14-/m1/s1. The Morgan fingerprint density at radius 1 is 1.15 bits per heavy atom. The first-order valence-corrected chi connectivity index (χ1v) is 12.8. The summed E-state index contributed by atoms with van der Waals surface area (Å²) in [5.74, 6) is -0.309. The number of aromatic nitrogens is 2. The van der Waals surface area contributed by atoms with E-state index in [0.29, 0.717) is 18.8 Å². The summed E-state index contributed by atoms with van der Waals surface area (Å²) in [5.41, 5.74) is 6.17. The number of nitrogens with zero attached hydrogens (tertiary/aromatic N) is 3. The minimum Gasteiger partial charge on any atom is -0.382 e. The van der Waals surface area contributed by atoms with E-state index >= 15 is 0 Å². The van der Waals surface area contributed by atoms with Crippen LogP contribution in [0.25, 0.3) is 0 Å². The average molecular weight is 491 g/mol. The largest absolute Gasteiger partial charge is 0.382 e. The molecule has 2 heterocycles. The van der Waals surface area contributed by atoms with Crippen molar-refractivity contribution in [3.8, 4) is 5.75 Å². The van der Waals surface area contributed by atoms with Crippen molar-refractivity contribution in [2.45, 2.75) is 39.7 Å². The minimum atomic E-state index is -3.83. The molecule has 1 saturated heterocycles. The number of carbonyl (C=O) groups is 2. The molecule has 2 amide bonds. The van der Waals surface area contributed by atoms with Crippen LogP contribution in [0.1, 0.15) is 54.3 Å². The number of rotatable bonds is 9. The van der Waals surface area contributed by atoms with Gasteiger partial charge in [0, 0.05) is 31.0 Å². The molecule has 1 atom stereocenters. The summed E-state index contributed by atoms with van der Waals surface area (Å²) in [7, 11) is -3.83. The van der Waals surface area contributed by atoms with E-state index in [1.807, 2.05) is 20.8 Å². The zero-order valence-electron chi connectivity index (χ0n) is 19.7. The third kappa shape index (κ3) is 6.34. The molecule has 11 nitrogen and oxygen atoms in total. The predicted molar refractivity (Wildman–Crippen MR) is 129 cm³/mol. The molecule has 3 rings (SSSR count). The molecule has 0 unspecified atom stereocenters. The van der Waals surface area contributed by atoms with Crippen molar-refractivity contribution in [1.29, 1.82) is 0 Å². The van der Waals surface area contributed by atoms with Crippen molar-refractivity contribution >= 4 is 39.4 Å². The number of benzene rings is 1. The maximum absolute atomic E-state index is 13.0. The van der Waals surface area contributed by atoms with Crippen LogP contribution in [0.4, 0.5) is 17.5 Å². The smallest absolute Gasteiger partial charge is 0.306 e. The molecule has 1 aromatic heterocycles. The van der Waals surface area contributed by atoms with Gasteiger partial charge in [-0.15, -0.1) is 0 Å². The van der Waals surface area contributed by atoms with E-state index < -0.39 is 16.0 Å². The number of likely N-dealkylation sites (tertiary alicyclic amines) is 1. The Bertz CT molecular complexity index is 1180. The lowest BCUT2D eigenvalue weighted by Crippen LogP contribution is -2.28. The Morgan fingerprint density at radius 3 is 2.41 bits per heavy atom. The highest BCUT2D eigenvalue weighted by Gasteiger charge is 2.25. The number of primary amides is 1. The van der Waals surface area contributed by atoms with E-state index in [9.17, 15) is 18.0 Å².